The van der Waals surface area contributed by atoms with Crippen molar-refractivity contribution in [2.24, 2.45) is 0 Å². The summed E-state index contributed by atoms with van der Waals surface area (Å²) in [6, 6.07) is 4.42. The van der Waals surface area contributed by atoms with Crippen LogP contribution in [0.3, 0.4) is 0 Å². The number of nitrogens with zero attached hydrogens (tertiary/aromatic N) is 1. The molecule has 6 heteroatoms. The van der Waals surface area contributed by atoms with Crippen LogP contribution in [0, 0.1) is 0 Å². The second-order valence-electron chi connectivity index (χ2n) is 4.40. The normalized spacial score (nSPS) is 18.8. The lowest BCUT2D eigenvalue weighted by Gasteiger charge is -2.23. The molecule has 0 amide bonds. The Balaban J connectivity index is 2.51. The molecular weight excluding hydrogens is 254 g/mol. The third-order valence-corrected chi connectivity index (χ3v) is 5.03. The maximum atomic E-state index is 12.0. The molecule has 1 aliphatic heterocycles. The highest BCUT2D eigenvalue weighted by molar-refractivity contribution is 7.92. The minimum atomic E-state index is -3.31. The molecule has 1 aromatic carbocycles. The zero-order chi connectivity index (χ0) is 13.5. The number of rotatable bonds is 3. The van der Waals surface area contributed by atoms with Crippen molar-refractivity contribution in [3.05, 3.63) is 29.3 Å². The lowest BCUT2D eigenvalue weighted by atomic mass is 10.1. The minimum absolute atomic E-state index is 0.0391. The fourth-order valence-electron chi connectivity index (χ4n) is 2.30. The van der Waals surface area contributed by atoms with Crippen molar-refractivity contribution < 1.29 is 18.3 Å². The van der Waals surface area contributed by atoms with E-state index in [2.05, 4.69) is 0 Å². The van der Waals surface area contributed by atoms with Crippen LogP contribution in [0.25, 0.3) is 0 Å². The van der Waals surface area contributed by atoms with Gasteiger partial charge in [0, 0.05) is 6.04 Å². The van der Waals surface area contributed by atoms with E-state index in [4.69, 9.17) is 5.11 Å². The van der Waals surface area contributed by atoms with Crippen LogP contribution >= 0.6 is 0 Å². The van der Waals surface area contributed by atoms with Crippen molar-refractivity contribution >= 4 is 21.7 Å². The summed E-state index contributed by atoms with van der Waals surface area (Å²) >= 11 is 0. The molecule has 5 nitrogen and oxygen atoms in total. The maximum Gasteiger partial charge on any atom is 0.335 e. The highest BCUT2D eigenvalue weighted by atomic mass is 32.2. The molecule has 1 aliphatic rings. The standard InChI is InChI=1S/C12H15NO4S/c1-3-18(16,17)13-8(2)6-10-7-9(12(14)15)4-5-11(10)13/h4-5,7-8H,3,6H2,1-2H3,(H,14,15). The summed E-state index contributed by atoms with van der Waals surface area (Å²) in [5.74, 6) is -0.959. The molecular formula is C12H15NO4S. The van der Waals surface area contributed by atoms with Gasteiger partial charge >= 0.3 is 5.97 Å². The lowest BCUT2D eigenvalue weighted by Crippen LogP contribution is -2.36. The van der Waals surface area contributed by atoms with E-state index in [1.807, 2.05) is 6.92 Å². The zero-order valence-corrected chi connectivity index (χ0v) is 11.1. The summed E-state index contributed by atoms with van der Waals surface area (Å²) in [6.07, 6.45) is 0.551. The highest BCUT2D eigenvalue weighted by Crippen LogP contribution is 2.35. The number of fused-ring (bicyclic) bond motifs is 1. The van der Waals surface area contributed by atoms with Crippen LogP contribution in [-0.4, -0.2) is 31.3 Å². The SMILES string of the molecule is CCS(=O)(=O)N1c2ccc(C(=O)O)cc2CC1C. The average molecular weight is 269 g/mol. The van der Waals surface area contributed by atoms with Gasteiger partial charge < -0.3 is 5.11 Å². The van der Waals surface area contributed by atoms with Crippen LogP contribution < -0.4 is 4.31 Å². The van der Waals surface area contributed by atoms with Gasteiger partial charge in [-0.25, -0.2) is 13.2 Å². The number of sulfonamides is 1. The number of benzene rings is 1. The van der Waals surface area contributed by atoms with Crippen molar-refractivity contribution in [1.29, 1.82) is 0 Å². The van der Waals surface area contributed by atoms with Gasteiger partial charge in [-0.15, -0.1) is 0 Å². The maximum absolute atomic E-state index is 12.0. The number of aromatic carboxylic acids is 1. The van der Waals surface area contributed by atoms with E-state index in [0.717, 1.165) is 5.56 Å². The third-order valence-electron chi connectivity index (χ3n) is 3.14. The molecule has 0 bridgehead atoms. The minimum Gasteiger partial charge on any atom is -0.478 e. The van der Waals surface area contributed by atoms with E-state index in [1.54, 1.807) is 19.1 Å². The lowest BCUT2D eigenvalue weighted by molar-refractivity contribution is 0.0697. The van der Waals surface area contributed by atoms with Crippen LogP contribution in [0.5, 0.6) is 0 Å². The Morgan fingerprint density at radius 3 is 2.72 bits per heavy atom. The molecule has 0 saturated heterocycles. The van der Waals surface area contributed by atoms with E-state index in [1.165, 1.54) is 10.4 Å². The summed E-state index contributed by atoms with van der Waals surface area (Å²) < 4.78 is 25.4. The van der Waals surface area contributed by atoms with Gasteiger partial charge in [0.25, 0.3) is 0 Å². The molecule has 1 N–H and O–H groups in total. The predicted molar refractivity (Wildman–Crippen MR) is 68.5 cm³/mol. The highest BCUT2D eigenvalue weighted by Gasteiger charge is 2.34. The van der Waals surface area contributed by atoms with Gasteiger partial charge in [0.2, 0.25) is 10.0 Å². The molecule has 1 atom stereocenters. The first-order chi connectivity index (χ1) is 8.36. The van der Waals surface area contributed by atoms with Crippen LogP contribution in [-0.2, 0) is 16.4 Å². The number of carbonyl (C=O) groups is 1. The van der Waals surface area contributed by atoms with Crippen molar-refractivity contribution in [2.75, 3.05) is 10.1 Å². The molecule has 18 heavy (non-hydrogen) atoms. The van der Waals surface area contributed by atoms with Crippen LogP contribution in [0.15, 0.2) is 18.2 Å². The van der Waals surface area contributed by atoms with Crippen LogP contribution in [0.1, 0.15) is 29.8 Å². The van der Waals surface area contributed by atoms with Gasteiger partial charge in [0.1, 0.15) is 0 Å². The molecule has 0 saturated carbocycles. The Morgan fingerprint density at radius 2 is 2.17 bits per heavy atom. The first-order valence-electron chi connectivity index (χ1n) is 5.75. The quantitative estimate of drug-likeness (QED) is 0.902. The number of hydrogen-bond acceptors (Lipinski definition) is 3. The predicted octanol–water partition coefficient (Wildman–Crippen LogP) is 1.49. The van der Waals surface area contributed by atoms with E-state index >= 15 is 0 Å². The molecule has 0 fully saturated rings. The van der Waals surface area contributed by atoms with Gasteiger partial charge in [-0.2, -0.15) is 0 Å². The van der Waals surface area contributed by atoms with E-state index in [9.17, 15) is 13.2 Å². The summed E-state index contributed by atoms with van der Waals surface area (Å²) in [4.78, 5) is 10.9. The Labute approximate surface area is 106 Å². The third kappa shape index (κ3) is 1.96. The van der Waals surface area contributed by atoms with Crippen LogP contribution in [0.4, 0.5) is 5.69 Å². The fourth-order valence-corrected chi connectivity index (χ4v) is 3.68. The molecule has 0 aromatic heterocycles. The summed E-state index contributed by atoms with van der Waals surface area (Å²) in [5.41, 5.74) is 1.57. The number of hydrogen-bond donors (Lipinski definition) is 1. The molecule has 98 valence electrons. The topological polar surface area (TPSA) is 74.7 Å². The molecule has 0 spiro atoms. The molecule has 1 unspecified atom stereocenters. The van der Waals surface area contributed by atoms with Crippen molar-refractivity contribution in [3.8, 4) is 0 Å². The van der Waals surface area contributed by atoms with Crippen molar-refractivity contribution in [3.63, 3.8) is 0 Å². The van der Waals surface area contributed by atoms with Gasteiger partial charge in [0.05, 0.1) is 17.0 Å². The van der Waals surface area contributed by atoms with Crippen molar-refractivity contribution in [1.82, 2.24) is 0 Å². The second-order valence-corrected chi connectivity index (χ2v) is 6.53. The fraction of sp³-hybridized carbons (Fsp3) is 0.417. The molecule has 1 aromatic rings. The average Bonchev–Trinajstić information content (AvgIpc) is 2.64. The molecule has 0 radical (unpaired) electrons. The first-order valence-corrected chi connectivity index (χ1v) is 7.36. The number of carboxylic acid groups (broad SMARTS) is 1. The Hall–Kier alpha value is -1.56. The van der Waals surface area contributed by atoms with E-state index in [0.29, 0.717) is 12.1 Å². The first kappa shape index (κ1) is 12.9. The van der Waals surface area contributed by atoms with Gasteiger partial charge in [-0.05, 0) is 44.0 Å². The van der Waals surface area contributed by atoms with Crippen molar-refractivity contribution in [2.45, 2.75) is 26.3 Å². The monoisotopic (exact) mass is 269 g/mol. The van der Waals surface area contributed by atoms with Gasteiger partial charge in [-0.3, -0.25) is 4.31 Å². The molecule has 2 rings (SSSR count). The van der Waals surface area contributed by atoms with E-state index < -0.39 is 16.0 Å². The molecule has 1 heterocycles. The van der Waals surface area contributed by atoms with Crippen LogP contribution in [0.2, 0.25) is 0 Å². The summed E-state index contributed by atoms with van der Waals surface area (Å²) in [5, 5.41) is 8.92. The summed E-state index contributed by atoms with van der Waals surface area (Å²) in [7, 11) is -3.31. The smallest absolute Gasteiger partial charge is 0.335 e. The number of carboxylic acids is 1. The largest absolute Gasteiger partial charge is 0.478 e. The Kier molecular flexibility index (Phi) is 3.06. The van der Waals surface area contributed by atoms with Gasteiger partial charge in [-0.1, -0.05) is 0 Å². The Morgan fingerprint density at radius 1 is 1.50 bits per heavy atom. The Bertz CT molecular complexity index is 594. The van der Waals surface area contributed by atoms with E-state index in [-0.39, 0.29) is 17.4 Å². The second kappa shape index (κ2) is 4.28. The number of anilines is 1. The molecule has 0 aliphatic carbocycles. The zero-order valence-electron chi connectivity index (χ0n) is 10.3. The van der Waals surface area contributed by atoms with Gasteiger partial charge in [0.15, 0.2) is 0 Å². The summed E-state index contributed by atoms with van der Waals surface area (Å²) in [6.45, 7) is 3.43.